The van der Waals surface area contributed by atoms with Gasteiger partial charge in [-0.1, -0.05) is 17.7 Å². The first-order valence-corrected chi connectivity index (χ1v) is 8.74. The lowest BCUT2D eigenvalue weighted by Crippen LogP contribution is -2.50. The second-order valence-corrected chi connectivity index (χ2v) is 7.65. The summed E-state index contributed by atoms with van der Waals surface area (Å²) in [7, 11) is -1.73. The fraction of sp³-hybridized carbons (Fsp3) is 0.571. The van der Waals surface area contributed by atoms with Crippen LogP contribution in [0.4, 0.5) is 0 Å². The number of hydrogen-bond donors (Lipinski definition) is 1. The zero-order valence-corrected chi connectivity index (χ0v) is 14.0. The number of benzene rings is 1. The molecule has 2 atom stereocenters. The van der Waals surface area contributed by atoms with E-state index in [-0.39, 0.29) is 17.0 Å². The van der Waals surface area contributed by atoms with Crippen LogP contribution >= 0.6 is 11.6 Å². The van der Waals surface area contributed by atoms with Crippen molar-refractivity contribution in [2.45, 2.75) is 37.4 Å². The summed E-state index contributed by atoms with van der Waals surface area (Å²) in [6.45, 7) is 5.09. The van der Waals surface area contributed by atoms with Crippen molar-refractivity contribution in [1.29, 1.82) is 0 Å². The summed E-state index contributed by atoms with van der Waals surface area (Å²) >= 11 is 6.17. The number of ether oxygens (including phenoxy) is 1. The molecule has 1 aliphatic heterocycles. The minimum Gasteiger partial charge on any atom is -0.375 e. The van der Waals surface area contributed by atoms with E-state index in [0.29, 0.717) is 24.7 Å². The second kappa shape index (κ2) is 6.62. The normalized spacial score (nSPS) is 24.2. The zero-order valence-electron chi connectivity index (χ0n) is 12.5. The Morgan fingerprint density at radius 1 is 1.43 bits per heavy atom. The number of morpholine rings is 1. The van der Waals surface area contributed by atoms with Crippen LogP contribution in [0.15, 0.2) is 23.1 Å². The molecule has 21 heavy (non-hydrogen) atoms. The average molecular weight is 333 g/mol. The fourth-order valence-corrected chi connectivity index (χ4v) is 4.40. The van der Waals surface area contributed by atoms with Crippen molar-refractivity contribution in [2.75, 3.05) is 20.2 Å². The standard InChI is InChI=1S/C14H21ClN2O3S/c1-10-9-20-11(2)8-17(10)21(18,19)13-5-4-12(7-16-3)14(15)6-13/h4-6,10-11,16H,7-9H2,1-3H3. The SMILES string of the molecule is CNCc1ccc(S(=O)(=O)N2CC(C)OCC2C)cc1Cl. The number of halogens is 1. The second-order valence-electron chi connectivity index (χ2n) is 5.35. The molecule has 0 saturated carbocycles. The Bertz CT molecular complexity index is 606. The molecule has 5 nitrogen and oxygen atoms in total. The third-order valence-electron chi connectivity index (χ3n) is 3.55. The highest BCUT2D eigenvalue weighted by molar-refractivity contribution is 7.89. The Hall–Kier alpha value is -0.660. The number of sulfonamides is 1. The van der Waals surface area contributed by atoms with Gasteiger partial charge in [-0.15, -0.1) is 0 Å². The summed E-state index contributed by atoms with van der Waals surface area (Å²) < 4.78 is 32.5. The smallest absolute Gasteiger partial charge is 0.243 e. The van der Waals surface area contributed by atoms with Crippen LogP contribution in [0.2, 0.25) is 5.02 Å². The largest absolute Gasteiger partial charge is 0.375 e. The third kappa shape index (κ3) is 3.57. The van der Waals surface area contributed by atoms with Crippen LogP contribution in [-0.4, -0.2) is 45.1 Å². The highest BCUT2D eigenvalue weighted by Gasteiger charge is 2.34. The molecule has 2 unspecified atom stereocenters. The van der Waals surface area contributed by atoms with Crippen molar-refractivity contribution in [3.63, 3.8) is 0 Å². The number of hydrogen-bond acceptors (Lipinski definition) is 4. The van der Waals surface area contributed by atoms with Gasteiger partial charge in [-0.25, -0.2) is 8.42 Å². The molecule has 0 aliphatic carbocycles. The lowest BCUT2D eigenvalue weighted by Gasteiger charge is -2.35. The summed E-state index contributed by atoms with van der Waals surface area (Å²) in [4.78, 5) is 0.230. The molecule has 1 heterocycles. The van der Waals surface area contributed by atoms with Gasteiger partial charge in [0.1, 0.15) is 0 Å². The Balaban J connectivity index is 2.32. The maximum Gasteiger partial charge on any atom is 0.243 e. The molecule has 0 spiro atoms. The Kier molecular flexibility index (Phi) is 5.27. The zero-order chi connectivity index (χ0) is 15.6. The first-order chi connectivity index (χ1) is 9.86. The summed E-state index contributed by atoms with van der Waals surface area (Å²) in [6.07, 6.45) is -0.102. The molecule has 0 bridgehead atoms. The van der Waals surface area contributed by atoms with Crippen LogP contribution in [0.5, 0.6) is 0 Å². The van der Waals surface area contributed by atoms with Crippen molar-refractivity contribution in [3.05, 3.63) is 28.8 Å². The topological polar surface area (TPSA) is 58.6 Å². The molecule has 2 rings (SSSR count). The van der Waals surface area contributed by atoms with Crippen LogP contribution in [0.1, 0.15) is 19.4 Å². The van der Waals surface area contributed by atoms with Gasteiger partial charge in [-0.3, -0.25) is 0 Å². The Labute approximate surface area is 131 Å². The molecule has 7 heteroatoms. The van der Waals surface area contributed by atoms with E-state index in [1.165, 1.54) is 10.4 Å². The predicted molar refractivity (Wildman–Crippen MR) is 83.0 cm³/mol. The first kappa shape index (κ1) is 16.7. The van der Waals surface area contributed by atoms with Gasteiger partial charge in [0, 0.05) is 24.2 Å². The maximum atomic E-state index is 12.8. The number of nitrogens with one attached hydrogen (secondary N) is 1. The van der Waals surface area contributed by atoms with E-state index in [1.54, 1.807) is 12.1 Å². The van der Waals surface area contributed by atoms with E-state index >= 15 is 0 Å². The molecule has 0 aromatic heterocycles. The lowest BCUT2D eigenvalue weighted by molar-refractivity contribution is -0.0170. The van der Waals surface area contributed by atoms with Gasteiger partial charge in [0.2, 0.25) is 10.0 Å². The van der Waals surface area contributed by atoms with E-state index in [9.17, 15) is 8.42 Å². The van der Waals surface area contributed by atoms with Crippen LogP contribution in [-0.2, 0) is 21.3 Å². The third-order valence-corrected chi connectivity index (χ3v) is 5.88. The molecule has 0 radical (unpaired) electrons. The van der Waals surface area contributed by atoms with Gasteiger partial charge in [0.25, 0.3) is 0 Å². The molecule has 1 fully saturated rings. The molecule has 1 aromatic carbocycles. The van der Waals surface area contributed by atoms with E-state index in [2.05, 4.69) is 5.32 Å². The van der Waals surface area contributed by atoms with Crippen molar-refractivity contribution < 1.29 is 13.2 Å². The molecule has 1 saturated heterocycles. The minimum absolute atomic E-state index is 0.102. The molecular formula is C14H21ClN2O3S. The molecule has 1 N–H and O–H groups in total. The van der Waals surface area contributed by atoms with Crippen molar-refractivity contribution >= 4 is 21.6 Å². The summed E-state index contributed by atoms with van der Waals surface area (Å²) in [5.41, 5.74) is 0.876. The van der Waals surface area contributed by atoms with Gasteiger partial charge < -0.3 is 10.1 Å². The predicted octanol–water partition coefficient (Wildman–Crippen LogP) is 1.86. The van der Waals surface area contributed by atoms with Gasteiger partial charge in [0.15, 0.2) is 0 Å². The number of nitrogens with zero attached hydrogens (tertiary/aromatic N) is 1. The average Bonchev–Trinajstić information content (AvgIpc) is 2.43. The summed E-state index contributed by atoms with van der Waals surface area (Å²) in [5.74, 6) is 0. The quantitative estimate of drug-likeness (QED) is 0.914. The van der Waals surface area contributed by atoms with E-state index in [4.69, 9.17) is 16.3 Å². The fourth-order valence-electron chi connectivity index (χ4n) is 2.37. The van der Waals surface area contributed by atoms with Gasteiger partial charge in [-0.2, -0.15) is 4.31 Å². The van der Waals surface area contributed by atoms with Crippen molar-refractivity contribution in [2.24, 2.45) is 0 Å². The van der Waals surface area contributed by atoms with Crippen molar-refractivity contribution in [1.82, 2.24) is 9.62 Å². The highest BCUT2D eigenvalue weighted by atomic mass is 35.5. The molecular weight excluding hydrogens is 312 g/mol. The number of rotatable bonds is 4. The van der Waals surface area contributed by atoms with Crippen LogP contribution in [0.25, 0.3) is 0 Å². The molecule has 118 valence electrons. The Morgan fingerprint density at radius 3 is 2.76 bits per heavy atom. The van der Waals surface area contributed by atoms with Crippen LogP contribution in [0, 0.1) is 0 Å². The minimum atomic E-state index is -3.55. The van der Waals surface area contributed by atoms with Gasteiger partial charge in [0.05, 0.1) is 17.6 Å². The first-order valence-electron chi connectivity index (χ1n) is 6.92. The lowest BCUT2D eigenvalue weighted by atomic mass is 10.2. The van der Waals surface area contributed by atoms with E-state index in [1.807, 2.05) is 20.9 Å². The van der Waals surface area contributed by atoms with E-state index in [0.717, 1.165) is 5.56 Å². The highest BCUT2D eigenvalue weighted by Crippen LogP contribution is 2.26. The summed E-state index contributed by atoms with van der Waals surface area (Å²) in [5, 5.41) is 3.46. The molecule has 1 aromatic rings. The van der Waals surface area contributed by atoms with Crippen LogP contribution < -0.4 is 5.32 Å². The van der Waals surface area contributed by atoms with Crippen LogP contribution in [0.3, 0.4) is 0 Å². The molecule has 1 aliphatic rings. The Morgan fingerprint density at radius 2 is 2.14 bits per heavy atom. The van der Waals surface area contributed by atoms with Crippen molar-refractivity contribution in [3.8, 4) is 0 Å². The van der Waals surface area contributed by atoms with E-state index < -0.39 is 10.0 Å². The van der Waals surface area contributed by atoms with Gasteiger partial charge in [-0.05, 0) is 38.6 Å². The molecule has 0 amide bonds. The summed E-state index contributed by atoms with van der Waals surface area (Å²) in [6, 6.07) is 4.71. The maximum absolute atomic E-state index is 12.8. The monoisotopic (exact) mass is 332 g/mol. The van der Waals surface area contributed by atoms with Gasteiger partial charge >= 0.3 is 0 Å².